The molecule has 0 aromatic heterocycles. The third kappa shape index (κ3) is 9.24. The monoisotopic (exact) mass is 379 g/mol. The highest BCUT2D eigenvalue weighted by atomic mass is 16.6. The molecule has 1 aromatic carbocycles. The van der Waals surface area contributed by atoms with Crippen molar-refractivity contribution in [2.24, 2.45) is 0 Å². The van der Waals surface area contributed by atoms with Crippen molar-refractivity contribution in [3.63, 3.8) is 0 Å². The van der Waals surface area contributed by atoms with Gasteiger partial charge in [0.25, 0.3) is 6.47 Å². The van der Waals surface area contributed by atoms with Gasteiger partial charge in [0.2, 0.25) is 11.8 Å². The summed E-state index contributed by atoms with van der Waals surface area (Å²) >= 11 is 0. The first-order valence-electron chi connectivity index (χ1n) is 8.32. The third-order valence-electron chi connectivity index (χ3n) is 3.10. The zero-order valence-electron chi connectivity index (χ0n) is 15.8. The van der Waals surface area contributed by atoms with Crippen molar-refractivity contribution in [2.75, 3.05) is 11.9 Å². The first-order chi connectivity index (χ1) is 12.6. The van der Waals surface area contributed by atoms with E-state index >= 15 is 0 Å². The molecule has 9 heteroatoms. The number of benzene rings is 1. The third-order valence-corrected chi connectivity index (χ3v) is 3.10. The number of carbonyl (C=O) groups is 4. The Morgan fingerprint density at radius 3 is 2.33 bits per heavy atom. The molecule has 3 N–H and O–H groups in total. The predicted octanol–water partition coefficient (Wildman–Crippen LogP) is 1.33. The van der Waals surface area contributed by atoms with E-state index in [1.165, 1.54) is 6.92 Å². The van der Waals surface area contributed by atoms with Crippen LogP contribution in [0.25, 0.3) is 0 Å². The van der Waals surface area contributed by atoms with Gasteiger partial charge in [-0.1, -0.05) is 12.1 Å². The van der Waals surface area contributed by atoms with Gasteiger partial charge < -0.3 is 25.4 Å². The van der Waals surface area contributed by atoms with Crippen LogP contribution >= 0.6 is 0 Å². The second-order valence-electron chi connectivity index (χ2n) is 6.74. The Bertz CT molecular complexity index is 667. The molecular formula is C18H25N3O6. The summed E-state index contributed by atoms with van der Waals surface area (Å²) in [4.78, 5) is 45.6. The van der Waals surface area contributed by atoms with Crippen LogP contribution in [0.1, 0.15) is 33.3 Å². The average Bonchev–Trinajstić information content (AvgIpc) is 2.58. The van der Waals surface area contributed by atoms with Gasteiger partial charge in [-0.25, -0.2) is 4.79 Å². The number of hydrogen-bond acceptors (Lipinski definition) is 6. The van der Waals surface area contributed by atoms with E-state index in [0.717, 1.165) is 5.56 Å². The van der Waals surface area contributed by atoms with E-state index in [2.05, 4.69) is 20.7 Å². The lowest BCUT2D eigenvalue weighted by Gasteiger charge is -2.20. The molecule has 0 aliphatic heterocycles. The number of nitrogens with one attached hydrogen (secondary N) is 3. The van der Waals surface area contributed by atoms with E-state index in [9.17, 15) is 19.2 Å². The average molecular weight is 379 g/mol. The van der Waals surface area contributed by atoms with Crippen molar-refractivity contribution in [1.82, 2.24) is 10.6 Å². The Kier molecular flexibility index (Phi) is 8.25. The van der Waals surface area contributed by atoms with Crippen molar-refractivity contribution >= 4 is 30.1 Å². The molecule has 1 aromatic rings. The van der Waals surface area contributed by atoms with Gasteiger partial charge in [0.05, 0.1) is 0 Å². The molecule has 3 amide bonds. The molecule has 0 spiro atoms. The lowest BCUT2D eigenvalue weighted by Crippen LogP contribution is -2.46. The van der Waals surface area contributed by atoms with Crippen LogP contribution in [0.3, 0.4) is 0 Å². The molecule has 1 unspecified atom stereocenters. The minimum absolute atomic E-state index is 0.148. The molecule has 148 valence electrons. The van der Waals surface area contributed by atoms with Gasteiger partial charge in [-0.05, 0) is 45.4 Å². The zero-order valence-corrected chi connectivity index (χ0v) is 15.8. The van der Waals surface area contributed by atoms with Crippen molar-refractivity contribution in [3.05, 3.63) is 29.8 Å². The highest BCUT2D eigenvalue weighted by Crippen LogP contribution is 2.10. The maximum Gasteiger partial charge on any atom is 0.408 e. The maximum absolute atomic E-state index is 12.1. The molecule has 0 saturated heterocycles. The van der Waals surface area contributed by atoms with Gasteiger partial charge in [0, 0.05) is 5.69 Å². The number of alkyl carbamates (subject to hydrolysis) is 1. The van der Waals surface area contributed by atoms with Gasteiger partial charge in [0.1, 0.15) is 24.8 Å². The number of anilines is 1. The molecule has 0 aliphatic rings. The van der Waals surface area contributed by atoms with E-state index in [4.69, 9.17) is 4.74 Å². The zero-order chi connectivity index (χ0) is 20.4. The van der Waals surface area contributed by atoms with E-state index in [0.29, 0.717) is 12.2 Å². The highest BCUT2D eigenvalue weighted by Gasteiger charge is 2.19. The van der Waals surface area contributed by atoms with Gasteiger partial charge in [0.15, 0.2) is 0 Å². The highest BCUT2D eigenvalue weighted by molar-refractivity contribution is 5.97. The molecule has 0 bridgehead atoms. The molecule has 27 heavy (non-hydrogen) atoms. The molecule has 1 rings (SSSR count). The van der Waals surface area contributed by atoms with Crippen LogP contribution in [-0.2, 0) is 30.5 Å². The van der Waals surface area contributed by atoms with Crippen LogP contribution < -0.4 is 16.0 Å². The molecule has 9 nitrogen and oxygen atoms in total. The Labute approximate surface area is 157 Å². The van der Waals surface area contributed by atoms with Crippen LogP contribution in [0, 0.1) is 0 Å². The van der Waals surface area contributed by atoms with Crippen LogP contribution in [0.2, 0.25) is 0 Å². The molecule has 0 aliphatic carbocycles. The molecule has 0 fully saturated rings. The normalized spacial score (nSPS) is 11.7. The van der Waals surface area contributed by atoms with E-state index in [-0.39, 0.29) is 13.2 Å². The second kappa shape index (κ2) is 10.1. The van der Waals surface area contributed by atoms with Gasteiger partial charge in [-0.2, -0.15) is 0 Å². The first-order valence-corrected chi connectivity index (χ1v) is 8.32. The summed E-state index contributed by atoms with van der Waals surface area (Å²) in [5.74, 6) is -0.942. The Morgan fingerprint density at radius 2 is 1.78 bits per heavy atom. The molecule has 0 radical (unpaired) electrons. The predicted molar refractivity (Wildman–Crippen MR) is 97.8 cm³/mol. The quantitative estimate of drug-likeness (QED) is 0.586. The fourth-order valence-electron chi connectivity index (χ4n) is 1.89. The number of amides is 3. The minimum atomic E-state index is -0.809. The van der Waals surface area contributed by atoms with Crippen molar-refractivity contribution in [1.29, 1.82) is 0 Å². The molecule has 0 saturated carbocycles. The lowest BCUT2D eigenvalue weighted by molar-refractivity contribution is -0.129. The summed E-state index contributed by atoms with van der Waals surface area (Å²) in [6, 6.07) is 5.90. The second-order valence-corrected chi connectivity index (χ2v) is 6.74. The number of ether oxygens (including phenoxy) is 2. The summed E-state index contributed by atoms with van der Waals surface area (Å²) < 4.78 is 9.65. The fourth-order valence-corrected chi connectivity index (χ4v) is 1.89. The Balaban J connectivity index is 2.41. The van der Waals surface area contributed by atoms with E-state index in [1.54, 1.807) is 45.0 Å². The van der Waals surface area contributed by atoms with Crippen LogP contribution in [0.15, 0.2) is 24.3 Å². The summed E-state index contributed by atoms with van der Waals surface area (Å²) in [7, 11) is 0. The first kappa shape index (κ1) is 21.9. The Hall–Kier alpha value is -3.10. The van der Waals surface area contributed by atoms with Crippen molar-refractivity contribution in [2.45, 2.75) is 45.9 Å². The van der Waals surface area contributed by atoms with Gasteiger partial charge in [-0.15, -0.1) is 0 Å². The van der Waals surface area contributed by atoms with Crippen molar-refractivity contribution < 1.29 is 28.7 Å². The van der Waals surface area contributed by atoms with E-state index < -0.39 is 29.6 Å². The maximum atomic E-state index is 12.1. The number of hydrogen-bond donors (Lipinski definition) is 3. The number of carbonyl (C=O) groups excluding carboxylic acids is 4. The largest absolute Gasteiger partial charge is 0.463 e. The van der Waals surface area contributed by atoms with E-state index in [1.807, 2.05) is 0 Å². The Morgan fingerprint density at radius 1 is 1.15 bits per heavy atom. The van der Waals surface area contributed by atoms with Gasteiger partial charge >= 0.3 is 6.09 Å². The summed E-state index contributed by atoms with van der Waals surface area (Å²) in [5, 5.41) is 7.44. The topological polar surface area (TPSA) is 123 Å². The SMILES string of the molecule is CC(NC(=O)CNC(=O)OC(C)(C)C)C(=O)Nc1ccc(COC=O)cc1. The lowest BCUT2D eigenvalue weighted by atomic mass is 10.2. The van der Waals surface area contributed by atoms with Crippen LogP contribution in [-0.4, -0.2) is 42.6 Å². The van der Waals surface area contributed by atoms with Gasteiger partial charge in [-0.3, -0.25) is 14.4 Å². The molecule has 0 heterocycles. The van der Waals surface area contributed by atoms with Crippen LogP contribution in [0.5, 0.6) is 0 Å². The van der Waals surface area contributed by atoms with Crippen LogP contribution in [0.4, 0.5) is 10.5 Å². The molecular weight excluding hydrogens is 354 g/mol. The fraction of sp³-hybridized carbons (Fsp3) is 0.444. The number of rotatable bonds is 8. The minimum Gasteiger partial charge on any atom is -0.463 e. The van der Waals surface area contributed by atoms with Crippen molar-refractivity contribution in [3.8, 4) is 0 Å². The molecule has 1 atom stereocenters. The summed E-state index contributed by atoms with van der Waals surface area (Å²) in [6.45, 7) is 6.85. The standard InChI is InChI=1S/C18H25N3O6/c1-12(20-15(23)9-19-17(25)27-18(2,3)4)16(24)21-14-7-5-13(6-8-14)10-26-11-22/h5-8,11-12H,9-10H2,1-4H3,(H,19,25)(H,20,23)(H,21,24). The summed E-state index contributed by atoms with van der Waals surface area (Å²) in [6.07, 6.45) is -0.714. The smallest absolute Gasteiger partial charge is 0.408 e. The summed E-state index contributed by atoms with van der Waals surface area (Å²) in [5.41, 5.74) is 0.639.